The van der Waals surface area contributed by atoms with Crippen LogP contribution in [0.15, 0.2) is 0 Å². The second-order valence-electron chi connectivity index (χ2n) is 2.68. The molecule has 0 saturated carbocycles. The van der Waals surface area contributed by atoms with Gasteiger partial charge in [-0.25, -0.2) is 4.79 Å². The summed E-state index contributed by atoms with van der Waals surface area (Å²) in [5.41, 5.74) is -1.66. The Kier molecular flexibility index (Phi) is 3.21. The summed E-state index contributed by atoms with van der Waals surface area (Å²) < 4.78 is 4.64. The predicted octanol–water partition coefficient (Wildman–Crippen LogP) is 0.197. The minimum Gasteiger partial charge on any atom is -0.481 e. The number of methoxy groups -OCH3 is 1. The molecule has 0 spiro atoms. The molecule has 5 nitrogen and oxygen atoms in total. The van der Waals surface area contributed by atoms with Crippen LogP contribution in [-0.2, 0) is 14.3 Å². The van der Waals surface area contributed by atoms with Gasteiger partial charge in [-0.1, -0.05) is 0 Å². The summed E-state index contributed by atoms with van der Waals surface area (Å²) in [6.07, 6.45) is 0. The van der Waals surface area contributed by atoms with Crippen molar-refractivity contribution < 1.29 is 24.5 Å². The molecule has 0 rings (SSSR count). The van der Waals surface area contributed by atoms with Crippen molar-refractivity contribution in [3.63, 3.8) is 0 Å². The first-order chi connectivity index (χ1) is 5.36. The Bertz CT molecular complexity index is 200. The van der Waals surface area contributed by atoms with Crippen molar-refractivity contribution in [3.05, 3.63) is 0 Å². The molecule has 12 heavy (non-hydrogen) atoms. The number of carboxylic acid groups (broad SMARTS) is 2. The van der Waals surface area contributed by atoms with Crippen molar-refractivity contribution in [2.75, 3.05) is 7.11 Å². The molecule has 0 aliphatic heterocycles. The lowest BCUT2D eigenvalue weighted by atomic mass is 9.91. The van der Waals surface area contributed by atoms with Gasteiger partial charge in [0.25, 0.3) is 0 Å². The predicted molar refractivity (Wildman–Crippen MR) is 39.8 cm³/mol. The van der Waals surface area contributed by atoms with Crippen LogP contribution < -0.4 is 0 Å². The summed E-state index contributed by atoms with van der Waals surface area (Å²) in [6, 6.07) is 0. The number of hydrogen-bond donors (Lipinski definition) is 2. The van der Waals surface area contributed by atoms with Crippen LogP contribution in [0.1, 0.15) is 13.8 Å². The van der Waals surface area contributed by atoms with Gasteiger partial charge in [-0.15, -0.1) is 0 Å². The molecule has 0 aromatic rings. The number of ether oxygens (including phenoxy) is 1. The first kappa shape index (κ1) is 10.9. The normalized spacial score (nSPS) is 17.9. The summed E-state index contributed by atoms with van der Waals surface area (Å²) in [6.45, 7) is 2.52. The van der Waals surface area contributed by atoms with E-state index in [9.17, 15) is 9.59 Å². The number of carboxylic acids is 2. The quantitative estimate of drug-likeness (QED) is 0.639. The number of aliphatic carboxylic acids is 2. The molecule has 2 atom stereocenters. The molecule has 2 unspecified atom stereocenters. The molecule has 0 amide bonds. The van der Waals surface area contributed by atoms with E-state index in [1.54, 1.807) is 0 Å². The number of hydrogen-bond acceptors (Lipinski definition) is 3. The Morgan fingerprint density at radius 2 is 1.83 bits per heavy atom. The molecule has 70 valence electrons. The third-order valence-electron chi connectivity index (χ3n) is 2.05. The topological polar surface area (TPSA) is 83.8 Å². The van der Waals surface area contributed by atoms with E-state index in [1.165, 1.54) is 21.0 Å². The van der Waals surface area contributed by atoms with Gasteiger partial charge in [0.2, 0.25) is 0 Å². The molecular formula is C7H12O5. The molecule has 0 aromatic heterocycles. The highest BCUT2D eigenvalue weighted by atomic mass is 16.5. The fourth-order valence-electron chi connectivity index (χ4n) is 0.685. The van der Waals surface area contributed by atoms with Crippen LogP contribution in [0.3, 0.4) is 0 Å². The minimum absolute atomic E-state index is 1.08. The summed E-state index contributed by atoms with van der Waals surface area (Å²) in [5, 5.41) is 17.2. The van der Waals surface area contributed by atoms with E-state index in [1.807, 2.05) is 0 Å². The van der Waals surface area contributed by atoms with E-state index >= 15 is 0 Å². The van der Waals surface area contributed by atoms with Crippen molar-refractivity contribution in [1.29, 1.82) is 0 Å². The summed E-state index contributed by atoms with van der Waals surface area (Å²) in [4.78, 5) is 21.1. The molecule has 0 bridgehead atoms. The molecule has 2 N–H and O–H groups in total. The molecule has 0 saturated heterocycles. The van der Waals surface area contributed by atoms with E-state index in [0.717, 1.165) is 0 Å². The summed E-state index contributed by atoms with van der Waals surface area (Å²) in [7, 11) is 1.17. The van der Waals surface area contributed by atoms with E-state index in [-0.39, 0.29) is 0 Å². The second kappa shape index (κ2) is 3.53. The Hall–Kier alpha value is -1.10. The van der Waals surface area contributed by atoms with Crippen molar-refractivity contribution in [2.45, 2.75) is 19.4 Å². The van der Waals surface area contributed by atoms with Crippen LogP contribution in [0.25, 0.3) is 0 Å². The van der Waals surface area contributed by atoms with Gasteiger partial charge >= 0.3 is 11.9 Å². The molecule has 0 radical (unpaired) electrons. The highest BCUT2D eigenvalue weighted by Gasteiger charge is 2.43. The van der Waals surface area contributed by atoms with Crippen LogP contribution in [0.5, 0.6) is 0 Å². The largest absolute Gasteiger partial charge is 0.481 e. The van der Waals surface area contributed by atoms with E-state index in [4.69, 9.17) is 10.2 Å². The minimum atomic E-state index is -1.66. The number of rotatable bonds is 4. The summed E-state index contributed by atoms with van der Waals surface area (Å²) >= 11 is 0. The lowest BCUT2D eigenvalue weighted by Gasteiger charge is -2.26. The first-order valence-electron chi connectivity index (χ1n) is 3.37. The van der Waals surface area contributed by atoms with Gasteiger partial charge in [0, 0.05) is 7.11 Å². The highest BCUT2D eigenvalue weighted by molar-refractivity contribution is 5.85. The van der Waals surface area contributed by atoms with E-state index in [2.05, 4.69) is 4.74 Å². The van der Waals surface area contributed by atoms with Crippen molar-refractivity contribution >= 4 is 11.9 Å². The Labute approximate surface area is 70.0 Å². The lowest BCUT2D eigenvalue weighted by molar-refractivity contribution is -0.174. The van der Waals surface area contributed by atoms with Crippen molar-refractivity contribution in [2.24, 2.45) is 5.92 Å². The molecule has 0 aliphatic carbocycles. The maximum atomic E-state index is 10.6. The summed E-state index contributed by atoms with van der Waals surface area (Å²) in [5.74, 6) is -3.55. The number of carbonyl (C=O) groups is 2. The van der Waals surface area contributed by atoms with Gasteiger partial charge in [-0.05, 0) is 13.8 Å². The van der Waals surface area contributed by atoms with Crippen LogP contribution in [-0.4, -0.2) is 34.9 Å². The maximum absolute atomic E-state index is 10.6. The Balaban J connectivity index is 4.75. The lowest BCUT2D eigenvalue weighted by Crippen LogP contribution is -2.46. The van der Waals surface area contributed by atoms with E-state index in [0.29, 0.717) is 0 Å². The SMILES string of the molecule is COC(C)(C(=O)O)C(C)C(=O)O. The van der Waals surface area contributed by atoms with Crippen LogP contribution in [0.4, 0.5) is 0 Å². The van der Waals surface area contributed by atoms with E-state index < -0.39 is 23.5 Å². The van der Waals surface area contributed by atoms with Gasteiger partial charge in [-0.3, -0.25) is 4.79 Å². The standard InChI is InChI=1S/C7H12O5/c1-4(5(8)9)7(2,12-3)6(10)11/h4H,1-3H3,(H,8,9)(H,10,11). The van der Waals surface area contributed by atoms with Crippen molar-refractivity contribution in [3.8, 4) is 0 Å². The van der Waals surface area contributed by atoms with Crippen molar-refractivity contribution in [1.82, 2.24) is 0 Å². The van der Waals surface area contributed by atoms with Crippen LogP contribution >= 0.6 is 0 Å². The molecule has 0 aliphatic rings. The zero-order valence-corrected chi connectivity index (χ0v) is 7.20. The monoisotopic (exact) mass is 176 g/mol. The molecular weight excluding hydrogens is 164 g/mol. The average Bonchev–Trinajstić information content (AvgIpc) is 2.01. The third kappa shape index (κ3) is 1.73. The fourth-order valence-corrected chi connectivity index (χ4v) is 0.685. The smallest absolute Gasteiger partial charge is 0.336 e. The van der Waals surface area contributed by atoms with Crippen LogP contribution in [0.2, 0.25) is 0 Å². The molecule has 5 heteroatoms. The molecule has 0 aromatic carbocycles. The van der Waals surface area contributed by atoms with Gasteiger partial charge in [0.1, 0.15) is 0 Å². The maximum Gasteiger partial charge on any atom is 0.336 e. The van der Waals surface area contributed by atoms with Gasteiger partial charge in [-0.2, -0.15) is 0 Å². The first-order valence-corrected chi connectivity index (χ1v) is 3.37. The highest BCUT2D eigenvalue weighted by Crippen LogP contribution is 2.21. The molecule has 0 heterocycles. The molecule has 0 fully saturated rings. The Morgan fingerprint density at radius 3 is 1.92 bits per heavy atom. The zero-order chi connectivity index (χ0) is 9.94. The third-order valence-corrected chi connectivity index (χ3v) is 2.05. The average molecular weight is 176 g/mol. The fraction of sp³-hybridized carbons (Fsp3) is 0.714. The second-order valence-corrected chi connectivity index (χ2v) is 2.68. The van der Waals surface area contributed by atoms with Crippen LogP contribution in [0, 0.1) is 5.92 Å². The van der Waals surface area contributed by atoms with Gasteiger partial charge < -0.3 is 14.9 Å². The van der Waals surface area contributed by atoms with Gasteiger partial charge in [0.15, 0.2) is 5.60 Å². The van der Waals surface area contributed by atoms with Gasteiger partial charge in [0.05, 0.1) is 5.92 Å². The Morgan fingerprint density at radius 1 is 1.42 bits per heavy atom. The zero-order valence-electron chi connectivity index (χ0n) is 7.20.